The SMILES string of the molecule is CC(=O)NCCO/N=C/c1cc(C(=O)NOCCO)c(NC2=C(F)C=IC=C2)c(F)c1F. The number of allylic oxidation sites excluding steroid dienone is 2. The third-order valence-corrected chi connectivity index (χ3v) is 5.33. The minimum atomic E-state index is -1.45. The largest absolute Gasteiger partial charge is 0.394 e. The van der Waals surface area contributed by atoms with Crippen LogP contribution in [0.5, 0.6) is 0 Å². The Hall–Kier alpha value is -2.78. The van der Waals surface area contributed by atoms with Crippen LogP contribution in [0, 0.1) is 11.6 Å². The Bertz CT molecular complexity index is 982. The number of halogens is 4. The van der Waals surface area contributed by atoms with Gasteiger partial charge in [0.25, 0.3) is 5.91 Å². The minimum Gasteiger partial charge on any atom is -0.394 e. The number of hydrogen-bond donors (Lipinski definition) is 4. The number of amides is 2. The molecule has 0 saturated heterocycles. The van der Waals surface area contributed by atoms with Crippen LogP contribution in [-0.2, 0) is 14.5 Å². The van der Waals surface area contributed by atoms with Gasteiger partial charge in [0.15, 0.2) is 17.5 Å². The van der Waals surface area contributed by atoms with Crippen LogP contribution in [-0.4, -0.2) is 53.5 Å². The fraction of sp³-hybridized carbons (Fsp3) is 0.263. The molecule has 0 fully saturated rings. The lowest BCUT2D eigenvalue weighted by molar-refractivity contribution is -0.119. The molecular formula is C19H20F3IN4O5. The van der Waals surface area contributed by atoms with Crippen molar-refractivity contribution in [1.29, 1.82) is 0 Å². The van der Waals surface area contributed by atoms with Crippen LogP contribution in [0.2, 0.25) is 0 Å². The summed E-state index contributed by atoms with van der Waals surface area (Å²) >= 11 is -0.619. The van der Waals surface area contributed by atoms with Crippen LogP contribution < -0.4 is 16.1 Å². The first kappa shape index (κ1) is 25.5. The zero-order valence-electron chi connectivity index (χ0n) is 16.8. The molecule has 32 heavy (non-hydrogen) atoms. The number of nitrogens with zero attached hydrogens (tertiary/aromatic N) is 1. The molecule has 2 rings (SSSR count). The first-order valence-corrected chi connectivity index (χ1v) is 11.6. The molecule has 0 saturated carbocycles. The Labute approximate surface area is 191 Å². The van der Waals surface area contributed by atoms with Gasteiger partial charge in [-0.3, -0.25) is 14.4 Å². The van der Waals surface area contributed by atoms with Gasteiger partial charge in [-0.1, -0.05) is 25.9 Å². The highest BCUT2D eigenvalue weighted by Gasteiger charge is 2.23. The summed E-state index contributed by atoms with van der Waals surface area (Å²) in [7, 11) is 0. The third-order valence-electron chi connectivity index (χ3n) is 3.65. The van der Waals surface area contributed by atoms with Crippen molar-refractivity contribution in [3.63, 3.8) is 0 Å². The van der Waals surface area contributed by atoms with E-state index in [1.54, 1.807) is 4.08 Å². The van der Waals surface area contributed by atoms with E-state index in [2.05, 4.69) is 15.8 Å². The van der Waals surface area contributed by atoms with Crippen molar-refractivity contribution in [2.24, 2.45) is 5.16 Å². The fourth-order valence-corrected chi connectivity index (χ4v) is 3.67. The van der Waals surface area contributed by atoms with Crippen LogP contribution in [0.15, 0.2) is 32.9 Å². The van der Waals surface area contributed by atoms with Crippen molar-refractivity contribution < 1.29 is 37.5 Å². The van der Waals surface area contributed by atoms with E-state index in [1.807, 2.05) is 5.48 Å². The second kappa shape index (κ2) is 12.9. The van der Waals surface area contributed by atoms with Crippen molar-refractivity contribution in [3.8, 4) is 0 Å². The Kier molecular flexibility index (Phi) is 10.3. The summed E-state index contributed by atoms with van der Waals surface area (Å²) in [5.41, 5.74) is 0.403. The molecule has 13 heteroatoms. The first-order chi connectivity index (χ1) is 15.3. The molecule has 1 aromatic rings. The summed E-state index contributed by atoms with van der Waals surface area (Å²) in [6, 6.07) is 0.973. The number of rotatable bonds is 11. The van der Waals surface area contributed by atoms with E-state index in [1.165, 1.54) is 17.0 Å². The second-order valence-corrected chi connectivity index (χ2v) is 8.05. The molecule has 0 aromatic heterocycles. The lowest BCUT2D eigenvalue weighted by Gasteiger charge is -2.16. The molecule has 0 atom stereocenters. The van der Waals surface area contributed by atoms with Gasteiger partial charge >= 0.3 is 0 Å². The van der Waals surface area contributed by atoms with Gasteiger partial charge in [0.2, 0.25) is 5.91 Å². The number of carbonyl (C=O) groups excluding carboxylic acids is 2. The molecule has 0 spiro atoms. The van der Waals surface area contributed by atoms with E-state index in [4.69, 9.17) is 14.8 Å². The quantitative estimate of drug-likeness (QED) is 0.140. The maximum atomic E-state index is 14.9. The van der Waals surface area contributed by atoms with Gasteiger partial charge in [-0.25, -0.2) is 18.7 Å². The predicted molar refractivity (Wildman–Crippen MR) is 120 cm³/mol. The first-order valence-electron chi connectivity index (χ1n) is 9.08. The van der Waals surface area contributed by atoms with Gasteiger partial charge in [0.05, 0.1) is 42.9 Å². The van der Waals surface area contributed by atoms with Crippen LogP contribution in [0.1, 0.15) is 22.8 Å². The lowest BCUT2D eigenvalue weighted by atomic mass is 10.1. The highest BCUT2D eigenvalue weighted by molar-refractivity contribution is 14.2. The third kappa shape index (κ3) is 7.42. The normalized spacial score (nSPS) is 13.2. The zero-order chi connectivity index (χ0) is 23.5. The van der Waals surface area contributed by atoms with Crippen molar-refractivity contribution in [2.75, 3.05) is 31.7 Å². The summed E-state index contributed by atoms with van der Waals surface area (Å²) in [6.45, 7) is 0.809. The van der Waals surface area contributed by atoms with E-state index in [0.717, 1.165) is 12.3 Å². The van der Waals surface area contributed by atoms with Gasteiger partial charge in [0, 0.05) is 16.5 Å². The van der Waals surface area contributed by atoms with E-state index >= 15 is 0 Å². The number of aliphatic hydroxyl groups is 1. The number of nitrogens with one attached hydrogen (secondary N) is 3. The molecule has 1 aliphatic heterocycles. The predicted octanol–water partition coefficient (Wildman–Crippen LogP) is 2.00. The standard InChI is InChI=1S/C19H20F3IN4O5/c1-11(29)24-4-6-31-25-10-12-8-13(19(30)27-32-7-5-28)18(17(22)16(12)21)26-15-2-3-23-9-14(15)20/h2-3,8-10,26,28H,4-7H2,1H3,(H,24,29)(H,27,30)/b25-10+. The van der Waals surface area contributed by atoms with Crippen molar-refractivity contribution >= 4 is 48.5 Å². The molecule has 1 aliphatic rings. The molecule has 4 N–H and O–H groups in total. The lowest BCUT2D eigenvalue weighted by Crippen LogP contribution is -2.27. The van der Waals surface area contributed by atoms with E-state index in [9.17, 15) is 22.8 Å². The van der Waals surface area contributed by atoms with Gasteiger partial charge < -0.3 is 20.6 Å². The molecule has 0 aliphatic carbocycles. The topological polar surface area (TPSA) is 121 Å². The molecule has 1 aromatic carbocycles. The summed E-state index contributed by atoms with van der Waals surface area (Å²) < 4.78 is 46.5. The summed E-state index contributed by atoms with van der Waals surface area (Å²) in [6.07, 6.45) is 2.22. The Balaban J connectivity index is 2.32. The van der Waals surface area contributed by atoms with Gasteiger partial charge in [0.1, 0.15) is 6.61 Å². The van der Waals surface area contributed by atoms with Crippen molar-refractivity contribution in [2.45, 2.75) is 6.92 Å². The van der Waals surface area contributed by atoms with Gasteiger partial charge in [-0.15, -0.1) is 0 Å². The number of oxime groups is 1. The highest BCUT2D eigenvalue weighted by Crippen LogP contribution is 2.29. The molecule has 9 nitrogen and oxygen atoms in total. The Morgan fingerprint density at radius 3 is 2.72 bits per heavy atom. The number of benzene rings is 1. The summed E-state index contributed by atoms with van der Waals surface area (Å²) in [4.78, 5) is 32.8. The second-order valence-electron chi connectivity index (χ2n) is 5.98. The molecular weight excluding hydrogens is 548 g/mol. The smallest absolute Gasteiger partial charge is 0.277 e. The van der Waals surface area contributed by atoms with Crippen LogP contribution in [0.25, 0.3) is 0 Å². The molecule has 1 heterocycles. The van der Waals surface area contributed by atoms with Crippen molar-refractivity contribution in [1.82, 2.24) is 10.8 Å². The molecule has 0 radical (unpaired) electrons. The molecule has 0 bridgehead atoms. The van der Waals surface area contributed by atoms with Gasteiger partial charge in [-0.2, -0.15) is 0 Å². The van der Waals surface area contributed by atoms with E-state index in [0.29, 0.717) is 0 Å². The molecule has 0 unspecified atom stereocenters. The van der Waals surface area contributed by atoms with Gasteiger partial charge in [-0.05, 0) is 16.2 Å². The number of hydroxylamine groups is 1. The van der Waals surface area contributed by atoms with Crippen LogP contribution in [0.3, 0.4) is 0 Å². The zero-order valence-corrected chi connectivity index (χ0v) is 18.9. The van der Waals surface area contributed by atoms with E-state index in [-0.39, 0.29) is 31.4 Å². The Morgan fingerprint density at radius 2 is 2.03 bits per heavy atom. The maximum Gasteiger partial charge on any atom is 0.277 e. The highest BCUT2D eigenvalue weighted by atomic mass is 127. The summed E-state index contributed by atoms with van der Waals surface area (Å²) in [5.74, 6) is -4.70. The van der Waals surface area contributed by atoms with Crippen LogP contribution >= 0.6 is 20.7 Å². The number of hydrogen-bond acceptors (Lipinski definition) is 7. The average Bonchev–Trinajstić information content (AvgIpc) is 2.76. The fourth-order valence-electron chi connectivity index (χ4n) is 2.24. The Morgan fingerprint density at radius 1 is 1.25 bits per heavy atom. The van der Waals surface area contributed by atoms with Crippen LogP contribution in [0.4, 0.5) is 18.9 Å². The monoisotopic (exact) mass is 568 g/mol. The minimum absolute atomic E-state index is 0.0267. The maximum absolute atomic E-state index is 14.9. The van der Waals surface area contributed by atoms with Crippen molar-refractivity contribution in [3.05, 3.63) is 50.5 Å². The molecule has 2 amide bonds. The average molecular weight is 568 g/mol. The number of anilines is 1. The number of aliphatic hydroxyl groups excluding tert-OH is 1. The molecule has 174 valence electrons. The van der Waals surface area contributed by atoms with E-state index < -0.39 is 67.5 Å². The number of carbonyl (C=O) groups is 2. The summed E-state index contributed by atoms with van der Waals surface area (Å²) in [5, 5.41) is 17.1.